The summed E-state index contributed by atoms with van der Waals surface area (Å²) >= 11 is 6.24. The van der Waals surface area contributed by atoms with Crippen LogP contribution in [0.15, 0.2) is 66.7 Å². The van der Waals surface area contributed by atoms with Crippen molar-refractivity contribution in [2.24, 2.45) is 11.7 Å². The van der Waals surface area contributed by atoms with Crippen molar-refractivity contribution in [2.75, 3.05) is 32.7 Å². The van der Waals surface area contributed by atoms with Crippen LogP contribution in [-0.4, -0.2) is 65.4 Å². The molecule has 2 heterocycles. The molecule has 2 fully saturated rings. The van der Waals surface area contributed by atoms with Gasteiger partial charge in [0, 0.05) is 50.2 Å². The van der Waals surface area contributed by atoms with Crippen LogP contribution in [0, 0.1) is 5.92 Å². The molecule has 2 aliphatic heterocycles. The first-order valence-electron chi connectivity index (χ1n) is 13.2. The van der Waals surface area contributed by atoms with Crippen LogP contribution in [0.5, 0.6) is 0 Å². The van der Waals surface area contributed by atoms with E-state index in [0.717, 1.165) is 31.0 Å². The van der Waals surface area contributed by atoms with E-state index in [1.54, 1.807) is 4.90 Å². The summed E-state index contributed by atoms with van der Waals surface area (Å²) in [5.74, 6) is 0.531. The van der Waals surface area contributed by atoms with Crippen molar-refractivity contribution in [1.29, 1.82) is 0 Å². The number of fused-ring (bicyclic) bond motifs is 1. The van der Waals surface area contributed by atoms with Gasteiger partial charge in [0.1, 0.15) is 0 Å². The number of hydrogen-bond acceptors (Lipinski definition) is 3. The highest BCUT2D eigenvalue weighted by molar-refractivity contribution is 6.30. The molecule has 194 valence electrons. The predicted octanol–water partition coefficient (Wildman–Crippen LogP) is 5.30. The van der Waals surface area contributed by atoms with E-state index in [9.17, 15) is 9.59 Å². The maximum atomic E-state index is 13.3. The fourth-order valence-corrected chi connectivity index (χ4v) is 6.16. The average molecular weight is 519 g/mol. The lowest BCUT2D eigenvalue weighted by Gasteiger charge is -2.44. The van der Waals surface area contributed by atoms with Gasteiger partial charge < -0.3 is 15.5 Å². The summed E-state index contributed by atoms with van der Waals surface area (Å²) in [6, 6.07) is 23.0. The number of urea groups is 1. The van der Waals surface area contributed by atoms with E-state index in [4.69, 9.17) is 17.3 Å². The molecular formula is C30H35ClN4O2. The third kappa shape index (κ3) is 5.60. The Hall–Kier alpha value is -3.09. The number of piperidine rings is 1. The average Bonchev–Trinajstić information content (AvgIpc) is 2.90. The van der Waals surface area contributed by atoms with E-state index in [-0.39, 0.29) is 24.0 Å². The van der Waals surface area contributed by atoms with Crippen molar-refractivity contribution >= 4 is 34.3 Å². The van der Waals surface area contributed by atoms with Gasteiger partial charge in [-0.25, -0.2) is 4.79 Å². The topological polar surface area (TPSA) is 69.9 Å². The number of carbonyl (C=O) groups excluding carboxylic acids is 2. The first-order chi connectivity index (χ1) is 17.9. The number of nitrogens with two attached hydrogens (primary N) is 1. The summed E-state index contributed by atoms with van der Waals surface area (Å²) in [4.78, 5) is 31.0. The van der Waals surface area contributed by atoms with Gasteiger partial charge in [0.2, 0.25) is 5.91 Å². The Bertz CT molecular complexity index is 1250. The molecule has 5 rings (SSSR count). The van der Waals surface area contributed by atoms with Crippen molar-refractivity contribution in [3.8, 4) is 0 Å². The molecule has 0 aliphatic carbocycles. The van der Waals surface area contributed by atoms with E-state index in [1.807, 2.05) is 12.1 Å². The second-order valence-electron chi connectivity index (χ2n) is 10.4. The Morgan fingerprint density at radius 2 is 1.65 bits per heavy atom. The van der Waals surface area contributed by atoms with Crippen LogP contribution in [-0.2, 0) is 4.79 Å². The van der Waals surface area contributed by atoms with Gasteiger partial charge in [-0.15, -0.1) is 0 Å². The molecule has 0 saturated carbocycles. The number of hydrogen-bond donors (Lipinski definition) is 1. The van der Waals surface area contributed by atoms with Gasteiger partial charge in [-0.3, -0.25) is 9.69 Å². The van der Waals surface area contributed by atoms with Gasteiger partial charge in [0.05, 0.1) is 6.04 Å². The molecule has 2 saturated heterocycles. The number of nitrogens with zero attached hydrogens (tertiary/aromatic N) is 3. The third-order valence-electron chi connectivity index (χ3n) is 8.04. The maximum absolute atomic E-state index is 13.3. The highest BCUT2D eigenvalue weighted by Gasteiger charge is 2.34. The zero-order valence-corrected chi connectivity index (χ0v) is 22.1. The number of rotatable bonds is 5. The number of carbonyl (C=O) groups is 2. The largest absolute Gasteiger partial charge is 0.351 e. The van der Waals surface area contributed by atoms with Crippen molar-refractivity contribution in [1.82, 2.24) is 14.7 Å². The number of piperazine rings is 1. The molecule has 7 heteroatoms. The monoisotopic (exact) mass is 518 g/mol. The zero-order chi connectivity index (χ0) is 25.9. The molecule has 3 aromatic carbocycles. The van der Waals surface area contributed by atoms with Crippen LogP contribution >= 0.6 is 11.6 Å². The number of benzene rings is 3. The summed E-state index contributed by atoms with van der Waals surface area (Å²) in [6.07, 6.45) is 2.21. The van der Waals surface area contributed by atoms with Crippen LogP contribution < -0.4 is 5.73 Å². The quantitative estimate of drug-likeness (QED) is 0.498. The Labute approximate surface area is 224 Å². The summed E-state index contributed by atoms with van der Waals surface area (Å²) in [5.41, 5.74) is 7.88. The smallest absolute Gasteiger partial charge is 0.314 e. The Morgan fingerprint density at radius 3 is 2.35 bits per heavy atom. The van der Waals surface area contributed by atoms with E-state index < -0.39 is 0 Å². The molecule has 2 aliphatic rings. The van der Waals surface area contributed by atoms with Crippen LogP contribution in [0.3, 0.4) is 0 Å². The summed E-state index contributed by atoms with van der Waals surface area (Å²) < 4.78 is 0. The van der Waals surface area contributed by atoms with Gasteiger partial charge in [-0.2, -0.15) is 0 Å². The minimum absolute atomic E-state index is 0.0706. The van der Waals surface area contributed by atoms with Crippen LogP contribution in [0.2, 0.25) is 5.02 Å². The van der Waals surface area contributed by atoms with E-state index in [1.165, 1.54) is 21.9 Å². The molecule has 3 aromatic rings. The third-order valence-corrected chi connectivity index (χ3v) is 8.29. The molecule has 2 N–H and O–H groups in total. The second-order valence-corrected chi connectivity index (χ2v) is 10.9. The fraction of sp³-hybridized carbons (Fsp3) is 0.400. The van der Waals surface area contributed by atoms with Gasteiger partial charge in [-0.1, -0.05) is 66.2 Å². The highest BCUT2D eigenvalue weighted by atomic mass is 35.5. The van der Waals surface area contributed by atoms with E-state index >= 15 is 0 Å². The standard InChI is InChI=1S/C30H35ClN4O2/c1-21-20-34(17-18-35(21)28(36)19-22-13-15-33(16-14-22)30(32)37)29(24-9-11-25(31)12-10-24)27-8-4-6-23-5-2-3-7-26(23)27/h2-12,21-22,29H,13-20H2,1H3,(H2,32,37). The van der Waals surface area contributed by atoms with Gasteiger partial charge in [-0.05, 0) is 59.7 Å². The first-order valence-corrected chi connectivity index (χ1v) is 13.6. The lowest BCUT2D eigenvalue weighted by atomic mass is 9.91. The molecule has 0 bridgehead atoms. The minimum Gasteiger partial charge on any atom is -0.351 e. The molecule has 0 radical (unpaired) electrons. The molecule has 3 amide bonds. The van der Waals surface area contributed by atoms with Crippen molar-refractivity contribution in [3.05, 3.63) is 82.9 Å². The van der Waals surface area contributed by atoms with Crippen molar-refractivity contribution in [2.45, 2.75) is 38.3 Å². The number of amides is 3. The molecule has 2 unspecified atom stereocenters. The Morgan fingerprint density at radius 1 is 0.946 bits per heavy atom. The maximum Gasteiger partial charge on any atom is 0.314 e. The van der Waals surface area contributed by atoms with Crippen LogP contribution in [0.1, 0.15) is 43.4 Å². The first kappa shape index (κ1) is 25.6. The Kier molecular flexibility index (Phi) is 7.68. The molecular weight excluding hydrogens is 484 g/mol. The molecule has 37 heavy (non-hydrogen) atoms. The number of halogens is 1. The summed E-state index contributed by atoms with van der Waals surface area (Å²) in [6.45, 7) is 5.74. The van der Waals surface area contributed by atoms with Crippen LogP contribution in [0.25, 0.3) is 10.8 Å². The van der Waals surface area contributed by atoms with E-state index in [0.29, 0.717) is 32.0 Å². The van der Waals surface area contributed by atoms with E-state index in [2.05, 4.69) is 71.3 Å². The number of likely N-dealkylation sites (tertiary alicyclic amines) is 1. The van der Waals surface area contributed by atoms with Crippen LogP contribution in [0.4, 0.5) is 4.79 Å². The fourth-order valence-electron chi connectivity index (χ4n) is 6.03. The molecule has 0 aromatic heterocycles. The van der Waals surface area contributed by atoms with Gasteiger partial charge in [0.15, 0.2) is 0 Å². The van der Waals surface area contributed by atoms with Crippen molar-refractivity contribution < 1.29 is 9.59 Å². The van der Waals surface area contributed by atoms with Crippen molar-refractivity contribution in [3.63, 3.8) is 0 Å². The summed E-state index contributed by atoms with van der Waals surface area (Å²) in [5, 5.41) is 3.20. The lowest BCUT2D eigenvalue weighted by molar-refractivity contribution is -0.137. The summed E-state index contributed by atoms with van der Waals surface area (Å²) in [7, 11) is 0. The Balaban J connectivity index is 1.33. The highest BCUT2D eigenvalue weighted by Crippen LogP contribution is 2.36. The molecule has 2 atom stereocenters. The normalized spacial score (nSPS) is 20.2. The SMILES string of the molecule is CC1CN(C(c2ccc(Cl)cc2)c2cccc3ccccc23)CCN1C(=O)CC1CCN(C(N)=O)CC1. The van der Waals surface area contributed by atoms with Gasteiger partial charge >= 0.3 is 6.03 Å². The minimum atomic E-state index is -0.365. The number of primary amides is 1. The predicted molar refractivity (Wildman–Crippen MR) is 148 cm³/mol. The zero-order valence-electron chi connectivity index (χ0n) is 21.4. The lowest BCUT2D eigenvalue weighted by Crippen LogP contribution is -2.55. The van der Waals surface area contributed by atoms with Gasteiger partial charge in [0.25, 0.3) is 0 Å². The second kappa shape index (κ2) is 11.1. The molecule has 6 nitrogen and oxygen atoms in total. The molecule has 0 spiro atoms.